The van der Waals surface area contributed by atoms with E-state index in [9.17, 15) is 8.42 Å². The normalized spacial score (nSPS) is 12.1. The number of halogens is 1. The summed E-state index contributed by atoms with van der Waals surface area (Å²) in [6.45, 7) is 2.04. The van der Waals surface area contributed by atoms with Crippen LogP contribution in [0, 0.1) is 6.92 Å². The van der Waals surface area contributed by atoms with Gasteiger partial charge in [0.2, 0.25) is 10.0 Å². The summed E-state index contributed by atoms with van der Waals surface area (Å²) in [5.41, 5.74) is 2.95. The lowest BCUT2D eigenvalue weighted by Crippen LogP contribution is -2.23. The van der Waals surface area contributed by atoms with Crippen molar-refractivity contribution in [1.82, 2.24) is 19.7 Å². The highest BCUT2D eigenvalue weighted by atomic mass is 35.5. The van der Waals surface area contributed by atoms with Crippen molar-refractivity contribution in [2.24, 2.45) is 0 Å². The molecule has 0 radical (unpaired) electrons. The molecule has 0 bridgehead atoms. The van der Waals surface area contributed by atoms with Crippen molar-refractivity contribution in [3.63, 3.8) is 0 Å². The van der Waals surface area contributed by atoms with Gasteiger partial charge in [-0.3, -0.25) is 0 Å². The average Bonchev–Trinajstić information content (AvgIpc) is 3.04. The molecular formula is C12H11ClN4O2S2. The van der Waals surface area contributed by atoms with Gasteiger partial charge < -0.3 is 4.98 Å². The molecule has 6 nitrogen and oxygen atoms in total. The van der Waals surface area contributed by atoms with Crippen LogP contribution in [0.1, 0.15) is 10.6 Å². The van der Waals surface area contributed by atoms with Crippen LogP contribution < -0.4 is 4.72 Å². The maximum Gasteiger partial charge on any atom is 0.243 e. The Hall–Kier alpha value is -1.48. The molecule has 3 aromatic heterocycles. The van der Waals surface area contributed by atoms with Gasteiger partial charge in [-0.25, -0.2) is 23.1 Å². The Balaban J connectivity index is 1.95. The maximum atomic E-state index is 12.4. The Labute approximate surface area is 130 Å². The lowest BCUT2D eigenvalue weighted by atomic mass is 10.3. The number of aromatic nitrogens is 3. The van der Waals surface area contributed by atoms with Crippen LogP contribution in [0.2, 0.25) is 5.02 Å². The Morgan fingerprint density at radius 1 is 1.43 bits per heavy atom. The topological polar surface area (TPSA) is 87.7 Å². The van der Waals surface area contributed by atoms with Crippen LogP contribution in [0.3, 0.4) is 0 Å². The Bertz CT molecular complexity index is 901. The standard InChI is InChI=1S/C12H11ClN4O2S2/c1-7-9(20-6-16-7)4-17-21(18,19)10-5-15-12-11(10)8(13)2-3-14-12/h2-3,5-6,17H,4H2,1H3,(H,14,15). The van der Waals surface area contributed by atoms with Gasteiger partial charge in [-0.1, -0.05) is 11.6 Å². The lowest BCUT2D eigenvalue weighted by molar-refractivity contribution is 0.582. The number of nitrogens with one attached hydrogen (secondary N) is 2. The first-order valence-electron chi connectivity index (χ1n) is 5.99. The van der Waals surface area contributed by atoms with Crippen molar-refractivity contribution >= 4 is 44.0 Å². The zero-order chi connectivity index (χ0) is 15.0. The number of nitrogens with zero attached hydrogens (tertiary/aromatic N) is 2. The van der Waals surface area contributed by atoms with Crippen LogP contribution in [-0.2, 0) is 16.6 Å². The Morgan fingerprint density at radius 2 is 2.24 bits per heavy atom. The number of hydrogen-bond donors (Lipinski definition) is 2. The lowest BCUT2D eigenvalue weighted by Gasteiger charge is -2.05. The molecular weight excluding hydrogens is 332 g/mol. The smallest absolute Gasteiger partial charge is 0.243 e. The predicted molar refractivity (Wildman–Crippen MR) is 82.0 cm³/mol. The van der Waals surface area contributed by atoms with Crippen molar-refractivity contribution < 1.29 is 8.42 Å². The number of fused-ring (bicyclic) bond motifs is 1. The molecule has 21 heavy (non-hydrogen) atoms. The molecule has 3 aromatic rings. The van der Waals surface area contributed by atoms with Crippen LogP contribution in [0.4, 0.5) is 0 Å². The molecule has 0 unspecified atom stereocenters. The van der Waals surface area contributed by atoms with Gasteiger partial charge in [0.15, 0.2) is 0 Å². The van der Waals surface area contributed by atoms with Crippen LogP contribution in [0.5, 0.6) is 0 Å². The van der Waals surface area contributed by atoms with Crippen molar-refractivity contribution in [3.8, 4) is 0 Å². The van der Waals surface area contributed by atoms with Crippen LogP contribution in [-0.4, -0.2) is 23.4 Å². The molecule has 0 aliphatic carbocycles. The first-order valence-corrected chi connectivity index (χ1v) is 8.73. The van der Waals surface area contributed by atoms with E-state index < -0.39 is 10.0 Å². The third-order valence-corrected chi connectivity index (χ3v) is 5.72. The third kappa shape index (κ3) is 2.67. The van der Waals surface area contributed by atoms with Gasteiger partial charge >= 0.3 is 0 Å². The first kappa shape index (κ1) is 14.5. The maximum absolute atomic E-state index is 12.4. The second kappa shape index (κ2) is 5.38. The van der Waals surface area contributed by atoms with Crippen LogP contribution in [0.25, 0.3) is 11.0 Å². The van der Waals surface area contributed by atoms with Gasteiger partial charge in [0.25, 0.3) is 0 Å². The number of hydrogen-bond acceptors (Lipinski definition) is 5. The predicted octanol–water partition coefficient (Wildman–Crippen LogP) is 2.46. The number of aromatic amines is 1. The fourth-order valence-electron chi connectivity index (χ4n) is 1.93. The SMILES string of the molecule is Cc1ncsc1CNS(=O)(=O)c1c[nH]c2nccc(Cl)c12. The van der Waals surface area contributed by atoms with Crippen molar-refractivity contribution in [3.05, 3.63) is 39.6 Å². The molecule has 9 heteroatoms. The first-order chi connectivity index (χ1) is 9.99. The summed E-state index contributed by atoms with van der Waals surface area (Å²) in [7, 11) is -3.69. The van der Waals surface area contributed by atoms with Gasteiger partial charge in [0.1, 0.15) is 10.5 Å². The van der Waals surface area contributed by atoms with E-state index in [0.29, 0.717) is 16.1 Å². The van der Waals surface area contributed by atoms with Crippen LogP contribution >= 0.6 is 22.9 Å². The molecule has 0 spiro atoms. The fraction of sp³-hybridized carbons (Fsp3) is 0.167. The second-order valence-electron chi connectivity index (χ2n) is 4.35. The highest BCUT2D eigenvalue weighted by molar-refractivity contribution is 7.89. The molecule has 2 N–H and O–H groups in total. The molecule has 0 atom stereocenters. The van der Waals surface area contributed by atoms with E-state index in [-0.39, 0.29) is 11.4 Å². The largest absolute Gasteiger partial charge is 0.345 e. The van der Waals surface area contributed by atoms with E-state index in [2.05, 4.69) is 19.7 Å². The minimum Gasteiger partial charge on any atom is -0.345 e. The number of H-pyrrole nitrogens is 1. The summed E-state index contributed by atoms with van der Waals surface area (Å²) in [5, 5.41) is 0.739. The molecule has 0 aliphatic heterocycles. The summed E-state index contributed by atoms with van der Waals surface area (Å²) >= 11 is 7.48. The fourth-order valence-corrected chi connectivity index (χ4v) is 4.23. The molecule has 0 saturated heterocycles. The zero-order valence-electron chi connectivity index (χ0n) is 10.9. The van der Waals surface area contributed by atoms with Gasteiger partial charge in [-0.15, -0.1) is 11.3 Å². The summed E-state index contributed by atoms with van der Waals surface area (Å²) in [5.74, 6) is 0. The van der Waals surface area contributed by atoms with Crippen molar-refractivity contribution in [2.75, 3.05) is 0 Å². The van der Waals surface area contributed by atoms with E-state index in [4.69, 9.17) is 11.6 Å². The second-order valence-corrected chi connectivity index (χ2v) is 7.44. The Kier molecular flexibility index (Phi) is 3.70. The zero-order valence-corrected chi connectivity index (χ0v) is 13.3. The van der Waals surface area contributed by atoms with Gasteiger partial charge in [0.05, 0.1) is 21.6 Å². The van der Waals surface area contributed by atoms with Crippen LogP contribution in [0.15, 0.2) is 28.9 Å². The quantitative estimate of drug-likeness (QED) is 0.762. The van der Waals surface area contributed by atoms with E-state index in [1.807, 2.05) is 6.92 Å². The van der Waals surface area contributed by atoms with Gasteiger partial charge in [-0.2, -0.15) is 0 Å². The summed E-state index contributed by atoms with van der Waals surface area (Å²) in [6, 6.07) is 1.56. The molecule has 110 valence electrons. The van der Waals surface area contributed by atoms with E-state index in [1.54, 1.807) is 11.6 Å². The van der Waals surface area contributed by atoms with E-state index >= 15 is 0 Å². The summed E-state index contributed by atoms with van der Waals surface area (Å²) in [4.78, 5) is 11.9. The molecule has 0 aromatic carbocycles. The summed E-state index contributed by atoms with van der Waals surface area (Å²) in [6.07, 6.45) is 2.91. The third-order valence-electron chi connectivity index (χ3n) is 3.04. The number of rotatable bonds is 4. The number of aryl methyl sites for hydroxylation is 1. The highest BCUT2D eigenvalue weighted by Gasteiger charge is 2.21. The molecule has 0 saturated carbocycles. The van der Waals surface area contributed by atoms with Crippen molar-refractivity contribution in [1.29, 1.82) is 0 Å². The number of thiazole rings is 1. The monoisotopic (exact) mass is 342 g/mol. The molecule has 0 aliphatic rings. The summed E-state index contributed by atoms with van der Waals surface area (Å²) < 4.78 is 27.4. The number of pyridine rings is 1. The van der Waals surface area contributed by atoms with Gasteiger partial charge in [0, 0.05) is 23.8 Å². The average molecular weight is 343 g/mol. The number of sulfonamides is 1. The molecule has 3 rings (SSSR count). The van der Waals surface area contributed by atoms with Crippen molar-refractivity contribution in [2.45, 2.75) is 18.4 Å². The molecule has 3 heterocycles. The molecule has 0 fully saturated rings. The van der Waals surface area contributed by atoms with Gasteiger partial charge in [-0.05, 0) is 13.0 Å². The Morgan fingerprint density at radius 3 is 2.95 bits per heavy atom. The minimum absolute atomic E-state index is 0.0952. The van der Waals surface area contributed by atoms with E-state index in [1.165, 1.54) is 23.7 Å². The molecule has 0 amide bonds. The minimum atomic E-state index is -3.69. The van der Waals surface area contributed by atoms with E-state index in [0.717, 1.165) is 10.6 Å². The highest BCUT2D eigenvalue weighted by Crippen LogP contribution is 2.28.